The lowest BCUT2D eigenvalue weighted by molar-refractivity contribution is -0.139. The van der Waals surface area contributed by atoms with E-state index in [2.05, 4.69) is 10.6 Å². The monoisotopic (exact) mass is 282 g/mol. The van der Waals surface area contributed by atoms with Crippen LogP contribution in [0.15, 0.2) is 18.2 Å². The number of halogens is 1. The number of carbonyl (C=O) groups excluding carboxylic acids is 1. The molecular formula is C14H19FN2O3. The predicted octanol–water partition coefficient (Wildman–Crippen LogP) is 2.75. The van der Waals surface area contributed by atoms with Crippen LogP contribution in [0.25, 0.3) is 0 Å². The van der Waals surface area contributed by atoms with E-state index in [4.69, 9.17) is 5.11 Å². The van der Waals surface area contributed by atoms with Gasteiger partial charge in [-0.25, -0.2) is 14.0 Å². The van der Waals surface area contributed by atoms with E-state index >= 15 is 0 Å². The number of anilines is 1. The molecular weight excluding hydrogens is 263 g/mol. The molecule has 1 aromatic carbocycles. The highest BCUT2D eigenvalue weighted by atomic mass is 19.1. The van der Waals surface area contributed by atoms with Crippen molar-refractivity contribution in [2.45, 2.75) is 33.2 Å². The van der Waals surface area contributed by atoms with Crippen LogP contribution in [0.5, 0.6) is 0 Å². The van der Waals surface area contributed by atoms with Gasteiger partial charge in [0.25, 0.3) is 0 Å². The van der Waals surface area contributed by atoms with Crippen LogP contribution in [0.2, 0.25) is 0 Å². The van der Waals surface area contributed by atoms with Gasteiger partial charge in [-0.1, -0.05) is 13.8 Å². The number of carboxylic acids is 1. The molecule has 0 fully saturated rings. The molecule has 0 aromatic heterocycles. The van der Waals surface area contributed by atoms with Crippen molar-refractivity contribution in [3.8, 4) is 0 Å². The number of nitrogens with one attached hydrogen (secondary N) is 2. The summed E-state index contributed by atoms with van der Waals surface area (Å²) in [6.07, 6.45) is 0.338. The van der Waals surface area contributed by atoms with E-state index in [1.54, 1.807) is 6.92 Å². The maximum absolute atomic E-state index is 12.9. The highest BCUT2D eigenvalue weighted by molar-refractivity contribution is 5.92. The third-order valence-electron chi connectivity index (χ3n) is 2.75. The van der Waals surface area contributed by atoms with Gasteiger partial charge >= 0.3 is 12.0 Å². The Balaban J connectivity index is 2.68. The van der Waals surface area contributed by atoms with Crippen LogP contribution in [0.4, 0.5) is 14.9 Å². The van der Waals surface area contributed by atoms with Crippen molar-refractivity contribution >= 4 is 17.7 Å². The Labute approximate surface area is 117 Å². The number of aliphatic carboxylic acids is 1. The predicted molar refractivity (Wildman–Crippen MR) is 74.2 cm³/mol. The van der Waals surface area contributed by atoms with Crippen LogP contribution in [0.3, 0.4) is 0 Å². The van der Waals surface area contributed by atoms with Crippen LogP contribution < -0.4 is 10.6 Å². The molecule has 0 bridgehead atoms. The molecule has 0 aliphatic heterocycles. The molecule has 0 heterocycles. The van der Waals surface area contributed by atoms with E-state index in [9.17, 15) is 14.0 Å². The zero-order valence-corrected chi connectivity index (χ0v) is 11.7. The minimum Gasteiger partial charge on any atom is -0.480 e. The first-order chi connectivity index (χ1) is 9.29. The Hall–Kier alpha value is -2.11. The number of carbonyl (C=O) groups is 2. The van der Waals surface area contributed by atoms with E-state index in [0.717, 1.165) is 0 Å². The number of benzene rings is 1. The SMILES string of the molecule is Cc1cc(F)ccc1NC(=O)N[C@H](CC(C)C)C(=O)O. The first-order valence-electron chi connectivity index (χ1n) is 6.36. The van der Waals surface area contributed by atoms with Crippen molar-refractivity contribution < 1.29 is 19.1 Å². The van der Waals surface area contributed by atoms with Gasteiger partial charge in [0.1, 0.15) is 11.9 Å². The molecule has 1 atom stereocenters. The second-order valence-electron chi connectivity index (χ2n) is 5.08. The van der Waals surface area contributed by atoms with E-state index in [1.807, 2.05) is 13.8 Å². The molecule has 0 unspecified atom stereocenters. The van der Waals surface area contributed by atoms with Gasteiger partial charge in [0.15, 0.2) is 0 Å². The molecule has 5 nitrogen and oxygen atoms in total. The third-order valence-corrected chi connectivity index (χ3v) is 2.75. The van der Waals surface area contributed by atoms with Crippen molar-refractivity contribution in [1.82, 2.24) is 5.32 Å². The molecule has 3 N–H and O–H groups in total. The van der Waals surface area contributed by atoms with Crippen LogP contribution in [-0.4, -0.2) is 23.1 Å². The molecule has 2 amide bonds. The normalized spacial score (nSPS) is 12.1. The maximum atomic E-state index is 12.9. The Morgan fingerprint density at radius 1 is 1.35 bits per heavy atom. The quantitative estimate of drug-likeness (QED) is 0.777. The summed E-state index contributed by atoms with van der Waals surface area (Å²) in [5.74, 6) is -1.33. The zero-order valence-electron chi connectivity index (χ0n) is 11.7. The summed E-state index contributed by atoms with van der Waals surface area (Å²) in [4.78, 5) is 22.8. The molecule has 0 saturated carbocycles. The number of aryl methyl sites for hydroxylation is 1. The van der Waals surface area contributed by atoms with E-state index in [0.29, 0.717) is 17.7 Å². The third kappa shape index (κ3) is 4.87. The van der Waals surface area contributed by atoms with Gasteiger partial charge in [-0.15, -0.1) is 0 Å². The van der Waals surface area contributed by atoms with Crippen molar-refractivity contribution in [2.75, 3.05) is 5.32 Å². The minimum atomic E-state index is -1.08. The van der Waals surface area contributed by atoms with Gasteiger partial charge in [-0.2, -0.15) is 0 Å². The topological polar surface area (TPSA) is 78.4 Å². The summed E-state index contributed by atoms with van der Waals surface area (Å²) in [5.41, 5.74) is 1.01. The van der Waals surface area contributed by atoms with Crippen LogP contribution in [0.1, 0.15) is 25.8 Å². The lowest BCUT2D eigenvalue weighted by Gasteiger charge is -2.17. The summed E-state index contributed by atoms with van der Waals surface area (Å²) >= 11 is 0. The van der Waals surface area contributed by atoms with Crippen LogP contribution >= 0.6 is 0 Å². The number of hydrogen-bond donors (Lipinski definition) is 3. The molecule has 0 radical (unpaired) electrons. The van der Waals surface area contributed by atoms with Crippen LogP contribution in [0, 0.1) is 18.7 Å². The summed E-state index contributed by atoms with van der Waals surface area (Å²) in [6.45, 7) is 5.40. The van der Waals surface area contributed by atoms with Gasteiger partial charge in [-0.3, -0.25) is 0 Å². The van der Waals surface area contributed by atoms with Gasteiger partial charge in [0.2, 0.25) is 0 Å². The molecule has 0 spiro atoms. The first kappa shape index (κ1) is 15.9. The summed E-state index contributed by atoms with van der Waals surface area (Å²) < 4.78 is 12.9. The number of carboxylic acid groups (broad SMARTS) is 1. The van der Waals surface area contributed by atoms with E-state index in [-0.39, 0.29) is 5.92 Å². The Kier molecular flexibility index (Phi) is 5.49. The molecule has 20 heavy (non-hydrogen) atoms. The van der Waals surface area contributed by atoms with E-state index < -0.39 is 23.9 Å². The van der Waals surface area contributed by atoms with Gasteiger partial charge in [0, 0.05) is 5.69 Å². The molecule has 0 saturated heterocycles. The number of rotatable bonds is 5. The highest BCUT2D eigenvalue weighted by Gasteiger charge is 2.21. The molecule has 6 heteroatoms. The minimum absolute atomic E-state index is 0.143. The van der Waals surface area contributed by atoms with Crippen LogP contribution in [-0.2, 0) is 4.79 Å². The van der Waals surface area contributed by atoms with E-state index in [1.165, 1.54) is 18.2 Å². The Morgan fingerprint density at radius 2 is 2.00 bits per heavy atom. The summed E-state index contributed by atoms with van der Waals surface area (Å²) in [7, 11) is 0. The average Bonchev–Trinajstić information content (AvgIpc) is 2.31. The zero-order chi connectivity index (χ0) is 15.3. The van der Waals surface area contributed by atoms with Gasteiger partial charge in [-0.05, 0) is 43.0 Å². The van der Waals surface area contributed by atoms with Gasteiger partial charge in [0.05, 0.1) is 0 Å². The molecule has 1 aromatic rings. The fraction of sp³-hybridized carbons (Fsp3) is 0.429. The lowest BCUT2D eigenvalue weighted by Crippen LogP contribution is -2.43. The largest absolute Gasteiger partial charge is 0.480 e. The van der Waals surface area contributed by atoms with Crippen molar-refractivity contribution in [1.29, 1.82) is 0 Å². The number of urea groups is 1. The smallest absolute Gasteiger partial charge is 0.326 e. The highest BCUT2D eigenvalue weighted by Crippen LogP contribution is 2.15. The molecule has 110 valence electrons. The number of hydrogen-bond acceptors (Lipinski definition) is 2. The Morgan fingerprint density at radius 3 is 2.50 bits per heavy atom. The summed E-state index contributed by atoms with van der Waals surface area (Å²) in [6, 6.07) is 2.38. The molecule has 0 aliphatic carbocycles. The first-order valence-corrected chi connectivity index (χ1v) is 6.36. The average molecular weight is 282 g/mol. The van der Waals surface area contributed by atoms with Crippen molar-refractivity contribution in [2.24, 2.45) is 5.92 Å². The summed E-state index contributed by atoms with van der Waals surface area (Å²) in [5, 5.41) is 13.9. The number of amides is 2. The standard InChI is InChI=1S/C14H19FN2O3/c1-8(2)6-12(13(18)19)17-14(20)16-11-5-4-10(15)7-9(11)3/h4-5,7-8,12H,6H2,1-3H3,(H,18,19)(H2,16,17,20)/t12-/m1/s1. The lowest BCUT2D eigenvalue weighted by atomic mass is 10.0. The Bertz CT molecular complexity index is 503. The maximum Gasteiger partial charge on any atom is 0.326 e. The molecule has 1 rings (SSSR count). The van der Waals surface area contributed by atoms with Crippen molar-refractivity contribution in [3.63, 3.8) is 0 Å². The second-order valence-corrected chi connectivity index (χ2v) is 5.08. The fourth-order valence-corrected chi connectivity index (χ4v) is 1.78. The van der Waals surface area contributed by atoms with Gasteiger partial charge < -0.3 is 15.7 Å². The molecule has 0 aliphatic rings. The second kappa shape index (κ2) is 6.88. The van der Waals surface area contributed by atoms with Crippen molar-refractivity contribution in [3.05, 3.63) is 29.6 Å². The fourth-order valence-electron chi connectivity index (χ4n) is 1.78.